The quantitative estimate of drug-likeness (QED) is 0.664. The van der Waals surface area contributed by atoms with Gasteiger partial charge in [0.15, 0.2) is 5.78 Å². The van der Waals surface area contributed by atoms with Crippen LogP contribution in [0, 0.1) is 6.92 Å². The zero-order valence-electron chi connectivity index (χ0n) is 10.4. The number of carbonyl (C=O) groups is 1. The molecule has 0 radical (unpaired) electrons. The Morgan fingerprint density at radius 1 is 1.11 bits per heavy atom. The molecule has 2 aromatic carbocycles. The van der Waals surface area contributed by atoms with Crippen LogP contribution in [0.15, 0.2) is 42.5 Å². The standard InChI is InChI=1S/C15H15NO2/c1-10-9-12(16)5-8-14(10)15(17)11-3-6-13(18-2)7-4-11/h3-9H,16H2,1-2H3. The number of nitrogen functional groups attached to an aromatic ring is 1. The first kappa shape index (κ1) is 12.2. The number of ether oxygens (including phenoxy) is 1. The summed E-state index contributed by atoms with van der Waals surface area (Å²) in [6, 6.07) is 12.4. The summed E-state index contributed by atoms with van der Waals surface area (Å²) in [5.41, 5.74) is 8.54. The van der Waals surface area contributed by atoms with Gasteiger partial charge in [-0.05, 0) is 55.0 Å². The molecule has 0 atom stereocenters. The van der Waals surface area contributed by atoms with Crippen LogP contribution in [0.2, 0.25) is 0 Å². The molecule has 0 aromatic heterocycles. The minimum atomic E-state index is -0.00449. The molecule has 3 nitrogen and oxygen atoms in total. The van der Waals surface area contributed by atoms with E-state index in [0.717, 1.165) is 11.3 Å². The maximum Gasteiger partial charge on any atom is 0.193 e. The number of methoxy groups -OCH3 is 1. The molecule has 18 heavy (non-hydrogen) atoms. The van der Waals surface area contributed by atoms with Crippen LogP contribution in [0.3, 0.4) is 0 Å². The summed E-state index contributed by atoms with van der Waals surface area (Å²) in [4.78, 5) is 12.3. The topological polar surface area (TPSA) is 52.3 Å². The molecule has 0 spiro atoms. The predicted octanol–water partition coefficient (Wildman–Crippen LogP) is 2.82. The largest absolute Gasteiger partial charge is 0.497 e. The first-order valence-electron chi connectivity index (χ1n) is 5.66. The van der Waals surface area contributed by atoms with E-state index < -0.39 is 0 Å². The van der Waals surface area contributed by atoms with Crippen LogP contribution in [0.1, 0.15) is 21.5 Å². The second kappa shape index (κ2) is 4.92. The molecule has 92 valence electrons. The molecule has 0 heterocycles. The highest BCUT2D eigenvalue weighted by Gasteiger charge is 2.11. The van der Waals surface area contributed by atoms with Crippen molar-refractivity contribution in [2.45, 2.75) is 6.92 Å². The normalized spacial score (nSPS) is 10.1. The first-order valence-corrected chi connectivity index (χ1v) is 5.66. The second-order valence-corrected chi connectivity index (χ2v) is 4.13. The molecular weight excluding hydrogens is 226 g/mol. The zero-order valence-corrected chi connectivity index (χ0v) is 10.4. The van der Waals surface area contributed by atoms with E-state index >= 15 is 0 Å². The van der Waals surface area contributed by atoms with Crippen LogP contribution in [-0.4, -0.2) is 12.9 Å². The van der Waals surface area contributed by atoms with E-state index in [0.29, 0.717) is 16.8 Å². The molecule has 0 aliphatic rings. The third-order valence-electron chi connectivity index (χ3n) is 2.85. The Hall–Kier alpha value is -2.29. The highest BCUT2D eigenvalue weighted by Crippen LogP contribution is 2.18. The lowest BCUT2D eigenvalue weighted by Gasteiger charge is -2.06. The van der Waals surface area contributed by atoms with E-state index in [9.17, 15) is 4.79 Å². The monoisotopic (exact) mass is 241 g/mol. The van der Waals surface area contributed by atoms with Gasteiger partial charge in [0, 0.05) is 16.8 Å². The van der Waals surface area contributed by atoms with Crippen molar-refractivity contribution in [3.63, 3.8) is 0 Å². The van der Waals surface area contributed by atoms with Gasteiger partial charge < -0.3 is 10.5 Å². The average molecular weight is 241 g/mol. The Morgan fingerprint density at radius 2 is 1.78 bits per heavy atom. The molecule has 0 saturated carbocycles. The van der Waals surface area contributed by atoms with E-state index in [1.807, 2.05) is 6.92 Å². The first-order chi connectivity index (χ1) is 8.61. The van der Waals surface area contributed by atoms with Crippen LogP contribution in [0.25, 0.3) is 0 Å². The molecule has 2 N–H and O–H groups in total. The summed E-state index contributed by atoms with van der Waals surface area (Å²) in [5.74, 6) is 0.732. The van der Waals surface area contributed by atoms with Crippen molar-refractivity contribution in [2.24, 2.45) is 0 Å². The van der Waals surface area contributed by atoms with E-state index in [1.165, 1.54) is 0 Å². The molecule has 0 amide bonds. The molecule has 0 saturated heterocycles. The summed E-state index contributed by atoms with van der Waals surface area (Å²) >= 11 is 0. The van der Waals surface area contributed by atoms with Gasteiger partial charge in [0.05, 0.1) is 7.11 Å². The number of aryl methyl sites for hydroxylation is 1. The minimum absolute atomic E-state index is 0.00449. The number of anilines is 1. The van der Waals surface area contributed by atoms with Crippen LogP contribution in [0.4, 0.5) is 5.69 Å². The van der Waals surface area contributed by atoms with Crippen molar-refractivity contribution in [3.8, 4) is 5.75 Å². The maximum absolute atomic E-state index is 12.3. The fourth-order valence-corrected chi connectivity index (χ4v) is 1.84. The highest BCUT2D eigenvalue weighted by atomic mass is 16.5. The fraction of sp³-hybridized carbons (Fsp3) is 0.133. The number of hydrogen-bond acceptors (Lipinski definition) is 3. The van der Waals surface area contributed by atoms with Gasteiger partial charge in [0.2, 0.25) is 0 Å². The molecule has 2 aromatic rings. The molecule has 0 aliphatic carbocycles. The number of ketones is 1. The molecule has 0 bridgehead atoms. The Kier molecular flexibility index (Phi) is 3.33. The molecule has 0 unspecified atom stereocenters. The lowest BCUT2D eigenvalue weighted by atomic mass is 9.98. The van der Waals surface area contributed by atoms with E-state index in [-0.39, 0.29) is 5.78 Å². The van der Waals surface area contributed by atoms with Crippen LogP contribution in [-0.2, 0) is 0 Å². The molecule has 0 fully saturated rings. The Labute approximate surface area is 106 Å². The van der Waals surface area contributed by atoms with E-state index in [2.05, 4.69) is 0 Å². The molecule has 0 aliphatic heterocycles. The number of nitrogens with two attached hydrogens (primary N) is 1. The predicted molar refractivity (Wildman–Crippen MR) is 72.0 cm³/mol. The Morgan fingerprint density at radius 3 is 2.33 bits per heavy atom. The van der Waals surface area contributed by atoms with Crippen molar-refractivity contribution >= 4 is 11.5 Å². The third kappa shape index (κ3) is 2.35. The van der Waals surface area contributed by atoms with Crippen LogP contribution in [0.5, 0.6) is 5.75 Å². The van der Waals surface area contributed by atoms with Gasteiger partial charge in [0.1, 0.15) is 5.75 Å². The molecule has 3 heteroatoms. The van der Waals surface area contributed by atoms with E-state index in [4.69, 9.17) is 10.5 Å². The summed E-state index contributed by atoms with van der Waals surface area (Å²) < 4.78 is 5.07. The van der Waals surface area contributed by atoms with Gasteiger partial charge in [0.25, 0.3) is 0 Å². The maximum atomic E-state index is 12.3. The molecular formula is C15H15NO2. The SMILES string of the molecule is COc1ccc(C(=O)c2ccc(N)cc2C)cc1. The van der Waals surface area contributed by atoms with Crippen molar-refractivity contribution < 1.29 is 9.53 Å². The average Bonchev–Trinajstić information content (AvgIpc) is 2.38. The van der Waals surface area contributed by atoms with Crippen molar-refractivity contribution in [1.29, 1.82) is 0 Å². The van der Waals surface area contributed by atoms with Crippen molar-refractivity contribution in [1.82, 2.24) is 0 Å². The summed E-state index contributed by atoms with van der Waals surface area (Å²) in [6.45, 7) is 1.88. The molecule has 2 rings (SSSR count). The lowest BCUT2D eigenvalue weighted by molar-refractivity contribution is 0.103. The summed E-state index contributed by atoms with van der Waals surface area (Å²) in [7, 11) is 1.60. The number of carbonyl (C=O) groups excluding carboxylic acids is 1. The van der Waals surface area contributed by atoms with Crippen LogP contribution < -0.4 is 10.5 Å². The lowest BCUT2D eigenvalue weighted by Crippen LogP contribution is -2.04. The van der Waals surface area contributed by atoms with Gasteiger partial charge in [-0.3, -0.25) is 4.79 Å². The van der Waals surface area contributed by atoms with Crippen LogP contribution >= 0.6 is 0 Å². The van der Waals surface area contributed by atoms with Crippen molar-refractivity contribution in [3.05, 3.63) is 59.2 Å². The zero-order chi connectivity index (χ0) is 13.1. The number of rotatable bonds is 3. The Bertz CT molecular complexity index is 574. The van der Waals surface area contributed by atoms with Gasteiger partial charge >= 0.3 is 0 Å². The van der Waals surface area contributed by atoms with Gasteiger partial charge in [-0.25, -0.2) is 0 Å². The van der Waals surface area contributed by atoms with Crippen molar-refractivity contribution in [2.75, 3.05) is 12.8 Å². The smallest absolute Gasteiger partial charge is 0.193 e. The number of hydrogen-bond donors (Lipinski definition) is 1. The van der Waals surface area contributed by atoms with E-state index in [1.54, 1.807) is 49.6 Å². The summed E-state index contributed by atoms with van der Waals surface area (Å²) in [5, 5.41) is 0. The van der Waals surface area contributed by atoms with Gasteiger partial charge in [-0.1, -0.05) is 0 Å². The minimum Gasteiger partial charge on any atom is -0.497 e. The third-order valence-corrected chi connectivity index (χ3v) is 2.85. The fourth-order valence-electron chi connectivity index (χ4n) is 1.84. The highest BCUT2D eigenvalue weighted by molar-refractivity contribution is 6.10. The Balaban J connectivity index is 2.35. The number of benzene rings is 2. The van der Waals surface area contributed by atoms with Gasteiger partial charge in [-0.2, -0.15) is 0 Å². The van der Waals surface area contributed by atoms with Gasteiger partial charge in [-0.15, -0.1) is 0 Å². The second-order valence-electron chi connectivity index (χ2n) is 4.13. The summed E-state index contributed by atoms with van der Waals surface area (Å²) in [6.07, 6.45) is 0.